The Balaban J connectivity index is 2.22. The largest absolute Gasteiger partial charge is 0.393 e. The second-order valence-corrected chi connectivity index (χ2v) is 5.33. The van der Waals surface area contributed by atoms with Crippen molar-refractivity contribution in [2.45, 2.75) is 32.8 Å². The highest BCUT2D eigenvalue weighted by atomic mass is 19.1. The smallest absolute Gasteiger partial charge is 0.270 e. The predicted octanol–water partition coefficient (Wildman–Crippen LogP) is 1.40. The lowest BCUT2D eigenvalue weighted by Gasteiger charge is -2.11. The zero-order chi connectivity index (χ0) is 17.5. The number of aromatic nitrogens is 4. The molecule has 8 heteroatoms. The monoisotopic (exact) mass is 333 g/mol. The first-order chi connectivity index (χ1) is 11.5. The maximum Gasteiger partial charge on any atom is 0.270 e. The number of aryl methyl sites for hydroxylation is 1. The van der Waals surface area contributed by atoms with Crippen molar-refractivity contribution in [1.29, 1.82) is 0 Å². The number of nitrogens with one attached hydrogen (secondary N) is 1. The summed E-state index contributed by atoms with van der Waals surface area (Å²) in [7, 11) is 0. The van der Waals surface area contributed by atoms with Gasteiger partial charge in [0.05, 0.1) is 6.10 Å². The van der Waals surface area contributed by atoms with Crippen LogP contribution in [0.3, 0.4) is 0 Å². The molecule has 1 aromatic heterocycles. The summed E-state index contributed by atoms with van der Waals surface area (Å²) in [4.78, 5) is 12.5. The van der Waals surface area contributed by atoms with E-state index in [0.717, 1.165) is 0 Å². The Labute approximate surface area is 139 Å². The third-order valence-corrected chi connectivity index (χ3v) is 3.49. The van der Waals surface area contributed by atoms with Gasteiger partial charge in [-0.1, -0.05) is 19.1 Å². The fourth-order valence-electron chi connectivity index (χ4n) is 2.04. The lowest BCUT2D eigenvalue weighted by atomic mass is 10.1. The Morgan fingerprint density at radius 2 is 2.12 bits per heavy atom. The minimum atomic E-state index is -0.454. The van der Waals surface area contributed by atoms with Gasteiger partial charge in [0.25, 0.3) is 5.91 Å². The van der Waals surface area contributed by atoms with Crippen LogP contribution in [0.5, 0.6) is 0 Å². The van der Waals surface area contributed by atoms with Gasteiger partial charge in [0.2, 0.25) is 0 Å². The SMILES string of the molecule is CCC(O)CCNC(=O)/C(=C/c1ccc(F)cc1)n1nnnc1C. The molecule has 1 unspecified atom stereocenters. The molecule has 0 saturated carbocycles. The molecule has 0 aliphatic rings. The molecule has 1 heterocycles. The molecule has 1 atom stereocenters. The van der Waals surface area contributed by atoms with Crippen LogP contribution in [-0.2, 0) is 4.79 Å². The highest BCUT2D eigenvalue weighted by Gasteiger charge is 2.16. The summed E-state index contributed by atoms with van der Waals surface area (Å²) in [5, 5.41) is 23.4. The lowest BCUT2D eigenvalue weighted by Crippen LogP contribution is -2.30. The second kappa shape index (κ2) is 8.30. The van der Waals surface area contributed by atoms with E-state index in [1.807, 2.05) is 6.92 Å². The van der Waals surface area contributed by atoms with E-state index in [1.165, 1.54) is 16.8 Å². The molecule has 2 N–H and O–H groups in total. The molecule has 2 rings (SSSR count). The van der Waals surface area contributed by atoms with E-state index in [-0.39, 0.29) is 17.4 Å². The molecule has 0 aliphatic carbocycles. The number of carbonyl (C=O) groups excluding carboxylic acids is 1. The van der Waals surface area contributed by atoms with Gasteiger partial charge in [0, 0.05) is 6.54 Å². The molecule has 0 bridgehead atoms. The number of hydrogen-bond acceptors (Lipinski definition) is 5. The molecule has 0 aliphatic heterocycles. The number of aliphatic hydroxyl groups is 1. The summed E-state index contributed by atoms with van der Waals surface area (Å²) in [6, 6.07) is 5.74. The molecular weight excluding hydrogens is 313 g/mol. The van der Waals surface area contributed by atoms with E-state index in [1.54, 1.807) is 25.1 Å². The van der Waals surface area contributed by atoms with Gasteiger partial charge in [-0.05, 0) is 54.0 Å². The quantitative estimate of drug-likeness (QED) is 0.747. The Bertz CT molecular complexity index is 712. The van der Waals surface area contributed by atoms with Gasteiger partial charge in [-0.25, -0.2) is 4.39 Å². The van der Waals surface area contributed by atoms with Crippen LogP contribution in [-0.4, -0.2) is 43.9 Å². The third kappa shape index (κ3) is 4.69. The number of rotatable bonds is 7. The van der Waals surface area contributed by atoms with E-state index in [0.29, 0.717) is 30.8 Å². The van der Waals surface area contributed by atoms with E-state index < -0.39 is 6.10 Å². The molecule has 2 aromatic rings. The van der Waals surface area contributed by atoms with Crippen molar-refractivity contribution in [2.75, 3.05) is 6.54 Å². The van der Waals surface area contributed by atoms with E-state index in [9.17, 15) is 14.3 Å². The Kier molecular flexibility index (Phi) is 6.14. The number of hydrogen-bond donors (Lipinski definition) is 2. The van der Waals surface area contributed by atoms with Crippen LogP contribution in [0.2, 0.25) is 0 Å². The van der Waals surface area contributed by atoms with Crippen LogP contribution < -0.4 is 5.32 Å². The normalized spacial score (nSPS) is 12.9. The standard InChI is InChI=1S/C16H20FN5O2/c1-3-14(23)8-9-18-16(24)15(22-11(2)19-20-21-22)10-12-4-6-13(17)7-5-12/h4-7,10,14,23H,3,8-9H2,1-2H3,(H,18,24)/b15-10-. The van der Waals surface area contributed by atoms with Crippen LogP contribution in [0.4, 0.5) is 4.39 Å². The van der Waals surface area contributed by atoms with Gasteiger partial charge in [0.15, 0.2) is 5.82 Å². The number of nitrogens with zero attached hydrogens (tertiary/aromatic N) is 4. The fraction of sp³-hybridized carbons (Fsp3) is 0.375. The van der Waals surface area contributed by atoms with Gasteiger partial charge in [0.1, 0.15) is 11.5 Å². The average molecular weight is 333 g/mol. The van der Waals surface area contributed by atoms with Crippen molar-refractivity contribution >= 4 is 17.7 Å². The first kappa shape index (κ1) is 17.7. The molecule has 0 fully saturated rings. The molecule has 0 spiro atoms. The van der Waals surface area contributed by atoms with Crippen LogP contribution in [0.25, 0.3) is 11.8 Å². The number of benzene rings is 1. The highest BCUT2D eigenvalue weighted by molar-refractivity contribution is 6.18. The van der Waals surface area contributed by atoms with Gasteiger partial charge in [-0.2, -0.15) is 4.68 Å². The van der Waals surface area contributed by atoms with E-state index in [2.05, 4.69) is 20.8 Å². The van der Waals surface area contributed by atoms with E-state index in [4.69, 9.17) is 0 Å². The minimum Gasteiger partial charge on any atom is -0.393 e. The number of carbonyl (C=O) groups is 1. The number of tetrazole rings is 1. The van der Waals surface area contributed by atoms with Crippen LogP contribution in [0.1, 0.15) is 31.2 Å². The second-order valence-electron chi connectivity index (χ2n) is 5.33. The van der Waals surface area contributed by atoms with Gasteiger partial charge in [-0.3, -0.25) is 4.79 Å². The van der Waals surface area contributed by atoms with Crippen molar-refractivity contribution in [3.63, 3.8) is 0 Å². The number of halogens is 1. The topological polar surface area (TPSA) is 92.9 Å². The summed E-state index contributed by atoms with van der Waals surface area (Å²) in [5.41, 5.74) is 0.861. The van der Waals surface area contributed by atoms with E-state index >= 15 is 0 Å². The van der Waals surface area contributed by atoms with Crippen LogP contribution >= 0.6 is 0 Å². The third-order valence-electron chi connectivity index (χ3n) is 3.49. The van der Waals surface area contributed by atoms with Gasteiger partial charge in [-0.15, -0.1) is 5.10 Å². The molecular formula is C16H20FN5O2. The van der Waals surface area contributed by atoms with Crippen molar-refractivity contribution in [3.05, 3.63) is 41.5 Å². The predicted molar refractivity (Wildman–Crippen MR) is 87.0 cm³/mol. The molecule has 24 heavy (non-hydrogen) atoms. The van der Waals surface area contributed by atoms with Gasteiger partial charge < -0.3 is 10.4 Å². The van der Waals surface area contributed by atoms with Crippen molar-refractivity contribution < 1.29 is 14.3 Å². The molecule has 0 radical (unpaired) electrons. The summed E-state index contributed by atoms with van der Waals surface area (Å²) in [6.45, 7) is 3.87. The maximum absolute atomic E-state index is 13.0. The zero-order valence-electron chi connectivity index (χ0n) is 13.6. The van der Waals surface area contributed by atoms with Crippen LogP contribution in [0, 0.1) is 12.7 Å². The summed E-state index contributed by atoms with van der Waals surface area (Å²) in [5.74, 6) is -0.282. The maximum atomic E-state index is 13.0. The van der Waals surface area contributed by atoms with Crippen molar-refractivity contribution in [3.8, 4) is 0 Å². The summed E-state index contributed by atoms with van der Waals surface area (Å²) >= 11 is 0. The minimum absolute atomic E-state index is 0.218. The summed E-state index contributed by atoms with van der Waals surface area (Å²) in [6.07, 6.45) is 2.21. The van der Waals surface area contributed by atoms with Crippen molar-refractivity contribution in [1.82, 2.24) is 25.5 Å². The molecule has 1 aromatic carbocycles. The average Bonchev–Trinajstić information content (AvgIpc) is 2.99. The van der Waals surface area contributed by atoms with Crippen molar-refractivity contribution in [2.24, 2.45) is 0 Å². The fourth-order valence-corrected chi connectivity index (χ4v) is 2.04. The van der Waals surface area contributed by atoms with Crippen LogP contribution in [0.15, 0.2) is 24.3 Å². The molecule has 128 valence electrons. The molecule has 0 saturated heterocycles. The first-order valence-electron chi connectivity index (χ1n) is 7.70. The Morgan fingerprint density at radius 1 is 1.42 bits per heavy atom. The first-order valence-corrected chi connectivity index (χ1v) is 7.70. The Morgan fingerprint density at radius 3 is 2.71 bits per heavy atom. The number of amides is 1. The van der Waals surface area contributed by atoms with Gasteiger partial charge >= 0.3 is 0 Å². The zero-order valence-corrected chi connectivity index (χ0v) is 13.6. The summed E-state index contributed by atoms with van der Waals surface area (Å²) < 4.78 is 14.3. The number of aliphatic hydroxyl groups excluding tert-OH is 1. The molecule has 7 nitrogen and oxygen atoms in total. The molecule has 1 amide bonds. The highest BCUT2D eigenvalue weighted by Crippen LogP contribution is 2.13. The lowest BCUT2D eigenvalue weighted by molar-refractivity contribution is -0.116. The Hall–Kier alpha value is -2.61.